The van der Waals surface area contributed by atoms with Crippen LogP contribution in [0.15, 0.2) is 23.8 Å². The van der Waals surface area contributed by atoms with Crippen LogP contribution in [0, 0.1) is 0 Å². The minimum absolute atomic E-state index is 0.163. The summed E-state index contributed by atoms with van der Waals surface area (Å²) in [6.07, 6.45) is 8.82. The number of carbonyl (C=O) groups excluding carboxylic acids is 1. The summed E-state index contributed by atoms with van der Waals surface area (Å²) in [6.45, 7) is 3.09. The van der Waals surface area contributed by atoms with E-state index in [0.29, 0.717) is 19.1 Å². The standard InChI is InChI=1S/C16H23N5OS/c1-12(15-17-7-9-23-15)10-18-16(22)19-11-13-6-8-21(20-13)14-4-2-3-5-14/h6-9,12,14H,2-5,10-11H2,1H3,(H2,18,19,22)/t12-/m0/s1. The van der Waals surface area contributed by atoms with Crippen molar-refractivity contribution in [2.24, 2.45) is 0 Å². The van der Waals surface area contributed by atoms with Crippen molar-refractivity contribution in [1.82, 2.24) is 25.4 Å². The molecular weight excluding hydrogens is 310 g/mol. The normalized spacial score (nSPS) is 16.4. The van der Waals surface area contributed by atoms with Gasteiger partial charge in [0.1, 0.15) is 0 Å². The molecule has 2 N–H and O–H groups in total. The molecule has 0 aliphatic heterocycles. The van der Waals surface area contributed by atoms with E-state index in [4.69, 9.17) is 0 Å². The van der Waals surface area contributed by atoms with Crippen molar-refractivity contribution >= 4 is 17.4 Å². The van der Waals surface area contributed by atoms with Gasteiger partial charge >= 0.3 is 6.03 Å². The highest BCUT2D eigenvalue weighted by molar-refractivity contribution is 7.09. The van der Waals surface area contributed by atoms with Crippen molar-refractivity contribution in [1.29, 1.82) is 0 Å². The number of amides is 2. The molecule has 3 rings (SSSR count). The van der Waals surface area contributed by atoms with Crippen molar-refractivity contribution in [2.75, 3.05) is 6.54 Å². The molecule has 0 unspecified atom stereocenters. The van der Waals surface area contributed by atoms with Gasteiger partial charge in [-0.1, -0.05) is 19.8 Å². The molecule has 0 bridgehead atoms. The zero-order chi connectivity index (χ0) is 16.1. The number of hydrogen-bond donors (Lipinski definition) is 2. The van der Waals surface area contributed by atoms with Crippen molar-refractivity contribution in [3.8, 4) is 0 Å². The van der Waals surface area contributed by atoms with E-state index >= 15 is 0 Å². The van der Waals surface area contributed by atoms with Crippen molar-refractivity contribution in [3.05, 3.63) is 34.5 Å². The molecular formula is C16H23N5OS. The second kappa shape index (κ2) is 7.59. The van der Waals surface area contributed by atoms with E-state index in [-0.39, 0.29) is 11.9 Å². The fourth-order valence-electron chi connectivity index (χ4n) is 2.89. The van der Waals surface area contributed by atoms with Gasteiger partial charge in [0.25, 0.3) is 0 Å². The lowest BCUT2D eigenvalue weighted by Gasteiger charge is -2.11. The summed E-state index contributed by atoms with van der Waals surface area (Å²) in [4.78, 5) is 16.1. The topological polar surface area (TPSA) is 71.8 Å². The minimum Gasteiger partial charge on any atom is -0.337 e. The average molecular weight is 333 g/mol. The zero-order valence-corrected chi connectivity index (χ0v) is 14.2. The summed E-state index contributed by atoms with van der Waals surface area (Å²) in [5.41, 5.74) is 0.903. The van der Waals surface area contributed by atoms with E-state index in [1.54, 1.807) is 17.5 Å². The van der Waals surface area contributed by atoms with E-state index in [0.717, 1.165) is 10.7 Å². The Morgan fingerprint density at radius 3 is 3.00 bits per heavy atom. The Kier molecular flexibility index (Phi) is 5.27. The second-order valence-corrected chi connectivity index (χ2v) is 6.99. The van der Waals surface area contributed by atoms with Gasteiger partial charge in [0, 0.05) is 30.2 Å². The lowest BCUT2D eigenvalue weighted by Crippen LogP contribution is -2.37. The van der Waals surface area contributed by atoms with Crippen LogP contribution in [-0.4, -0.2) is 27.3 Å². The van der Waals surface area contributed by atoms with Crippen LogP contribution in [0.4, 0.5) is 4.79 Å². The van der Waals surface area contributed by atoms with Crippen molar-refractivity contribution in [3.63, 3.8) is 0 Å². The summed E-state index contributed by atoms with van der Waals surface area (Å²) >= 11 is 1.61. The third-order valence-electron chi connectivity index (χ3n) is 4.23. The maximum absolute atomic E-state index is 11.9. The van der Waals surface area contributed by atoms with Gasteiger partial charge in [-0.25, -0.2) is 9.78 Å². The van der Waals surface area contributed by atoms with Crippen LogP contribution >= 0.6 is 11.3 Å². The van der Waals surface area contributed by atoms with E-state index in [2.05, 4.69) is 27.6 Å². The minimum atomic E-state index is -0.163. The lowest BCUT2D eigenvalue weighted by atomic mass is 10.2. The number of hydrogen-bond acceptors (Lipinski definition) is 4. The van der Waals surface area contributed by atoms with Crippen LogP contribution in [-0.2, 0) is 6.54 Å². The largest absolute Gasteiger partial charge is 0.337 e. The lowest BCUT2D eigenvalue weighted by molar-refractivity contribution is 0.240. The number of carbonyl (C=O) groups is 1. The molecule has 0 aromatic carbocycles. The number of nitrogens with zero attached hydrogens (tertiary/aromatic N) is 3. The van der Waals surface area contributed by atoms with Crippen LogP contribution in [0.3, 0.4) is 0 Å². The monoisotopic (exact) mass is 333 g/mol. The quantitative estimate of drug-likeness (QED) is 0.853. The molecule has 124 valence electrons. The van der Waals surface area contributed by atoms with E-state index < -0.39 is 0 Å². The SMILES string of the molecule is C[C@@H](CNC(=O)NCc1ccn(C2CCCC2)n1)c1nccs1. The molecule has 2 aromatic heterocycles. The van der Waals surface area contributed by atoms with E-state index in [9.17, 15) is 4.79 Å². The first-order chi connectivity index (χ1) is 11.2. The third kappa shape index (κ3) is 4.31. The maximum atomic E-state index is 11.9. The maximum Gasteiger partial charge on any atom is 0.315 e. The molecule has 1 fully saturated rings. The number of urea groups is 1. The van der Waals surface area contributed by atoms with Crippen LogP contribution in [0.5, 0.6) is 0 Å². The van der Waals surface area contributed by atoms with Gasteiger partial charge in [-0.2, -0.15) is 5.10 Å². The highest BCUT2D eigenvalue weighted by Crippen LogP contribution is 2.28. The average Bonchev–Trinajstić information content (AvgIpc) is 3.32. The molecule has 23 heavy (non-hydrogen) atoms. The first-order valence-corrected chi connectivity index (χ1v) is 9.05. The Labute approximate surface area is 140 Å². The van der Waals surface area contributed by atoms with Gasteiger partial charge in [0.2, 0.25) is 0 Å². The summed E-state index contributed by atoms with van der Waals surface area (Å²) in [5.74, 6) is 0.224. The molecule has 2 amide bonds. The van der Waals surface area contributed by atoms with Crippen LogP contribution in [0.25, 0.3) is 0 Å². The van der Waals surface area contributed by atoms with Gasteiger partial charge in [-0.3, -0.25) is 4.68 Å². The Morgan fingerprint density at radius 2 is 2.26 bits per heavy atom. The van der Waals surface area contributed by atoms with E-state index in [1.807, 2.05) is 22.3 Å². The second-order valence-electron chi connectivity index (χ2n) is 6.06. The fourth-order valence-corrected chi connectivity index (χ4v) is 3.59. The summed E-state index contributed by atoms with van der Waals surface area (Å²) in [5, 5.41) is 13.3. The Hall–Kier alpha value is -1.89. The molecule has 6 nitrogen and oxygen atoms in total. The number of thiazole rings is 1. The van der Waals surface area contributed by atoms with Crippen LogP contribution in [0.2, 0.25) is 0 Å². The molecule has 0 spiro atoms. The molecule has 7 heteroatoms. The Morgan fingerprint density at radius 1 is 1.43 bits per heavy atom. The molecule has 1 aliphatic carbocycles. The fraction of sp³-hybridized carbons (Fsp3) is 0.562. The molecule has 2 aromatic rings. The van der Waals surface area contributed by atoms with Crippen molar-refractivity contribution in [2.45, 2.75) is 51.1 Å². The number of nitrogens with one attached hydrogen (secondary N) is 2. The molecule has 0 saturated heterocycles. The molecule has 1 atom stereocenters. The first kappa shape index (κ1) is 16.0. The summed E-state index contributed by atoms with van der Waals surface area (Å²) < 4.78 is 2.05. The van der Waals surface area contributed by atoms with Gasteiger partial charge in [-0.15, -0.1) is 11.3 Å². The molecule has 2 heterocycles. The van der Waals surface area contributed by atoms with Crippen LogP contribution in [0.1, 0.15) is 55.3 Å². The highest BCUT2D eigenvalue weighted by atomic mass is 32.1. The molecule has 1 saturated carbocycles. The first-order valence-electron chi connectivity index (χ1n) is 8.17. The zero-order valence-electron chi connectivity index (χ0n) is 13.4. The summed E-state index contributed by atoms with van der Waals surface area (Å²) in [6, 6.07) is 2.36. The number of aromatic nitrogens is 3. The highest BCUT2D eigenvalue weighted by Gasteiger charge is 2.17. The molecule has 1 aliphatic rings. The Balaban J connectivity index is 1.40. The van der Waals surface area contributed by atoms with Crippen LogP contribution < -0.4 is 10.6 Å². The Bertz CT molecular complexity index is 618. The van der Waals surface area contributed by atoms with Crippen molar-refractivity contribution < 1.29 is 4.79 Å². The smallest absolute Gasteiger partial charge is 0.315 e. The van der Waals surface area contributed by atoms with Gasteiger partial charge in [0.15, 0.2) is 0 Å². The third-order valence-corrected chi connectivity index (χ3v) is 5.24. The predicted molar refractivity (Wildman–Crippen MR) is 90.5 cm³/mol. The van der Waals surface area contributed by atoms with Gasteiger partial charge in [-0.05, 0) is 18.9 Å². The van der Waals surface area contributed by atoms with Gasteiger partial charge < -0.3 is 10.6 Å². The summed E-state index contributed by atoms with van der Waals surface area (Å²) in [7, 11) is 0. The van der Waals surface area contributed by atoms with Gasteiger partial charge in [0.05, 0.1) is 23.3 Å². The predicted octanol–water partition coefficient (Wildman–Crippen LogP) is 3.06. The number of rotatable bonds is 6. The molecule has 0 radical (unpaired) electrons. The van der Waals surface area contributed by atoms with E-state index in [1.165, 1.54) is 25.7 Å².